The highest BCUT2D eigenvalue weighted by Gasteiger charge is 2.67. The monoisotopic (exact) mass is 696 g/mol. The van der Waals surface area contributed by atoms with Crippen LogP contribution in [0.5, 0.6) is 0 Å². The second-order valence-corrected chi connectivity index (χ2v) is 15.7. The molecule has 0 aromatic heterocycles. The molecule has 0 bridgehead atoms. The average Bonchev–Trinajstić information content (AvgIpc) is 3.79. The van der Waals surface area contributed by atoms with Crippen LogP contribution in [0.3, 0.4) is 0 Å². The molecule has 1 spiro atoms. The van der Waals surface area contributed by atoms with Crippen molar-refractivity contribution in [3.8, 4) is 0 Å². The van der Waals surface area contributed by atoms with Crippen LogP contribution in [0, 0.1) is 22.7 Å². The second-order valence-electron chi connectivity index (χ2n) is 15.7. The second kappa shape index (κ2) is 13.7. The van der Waals surface area contributed by atoms with Gasteiger partial charge >= 0.3 is 5.97 Å². The number of nitrogens with zero attached hydrogens (tertiary/aromatic N) is 2. The Bertz CT molecular complexity index is 1500. The smallest absolute Gasteiger partial charge is 0.343 e. The molecule has 0 radical (unpaired) electrons. The van der Waals surface area contributed by atoms with Crippen molar-refractivity contribution in [3.05, 3.63) is 59.4 Å². The van der Waals surface area contributed by atoms with Gasteiger partial charge in [-0.25, -0.2) is 4.79 Å². The fourth-order valence-electron chi connectivity index (χ4n) is 9.49. The molecule has 12 heteroatoms. The number of hydrogen-bond acceptors (Lipinski definition) is 12. The molecule has 12 nitrogen and oxygen atoms in total. The van der Waals surface area contributed by atoms with Crippen LogP contribution in [-0.4, -0.2) is 132 Å². The van der Waals surface area contributed by atoms with Gasteiger partial charge in [0.15, 0.2) is 6.29 Å². The van der Waals surface area contributed by atoms with Crippen molar-refractivity contribution in [1.29, 1.82) is 0 Å². The number of ether oxygens (including phenoxy) is 4. The van der Waals surface area contributed by atoms with Crippen molar-refractivity contribution < 1.29 is 49.3 Å². The number of aliphatic hydroxyl groups is 5. The predicted molar refractivity (Wildman–Crippen MR) is 184 cm³/mol. The van der Waals surface area contributed by atoms with E-state index in [4.69, 9.17) is 18.9 Å². The van der Waals surface area contributed by atoms with Crippen LogP contribution in [0.4, 0.5) is 5.69 Å². The Kier molecular flexibility index (Phi) is 9.81. The molecule has 4 aliphatic heterocycles. The third-order valence-corrected chi connectivity index (χ3v) is 12.7. The van der Waals surface area contributed by atoms with E-state index >= 15 is 0 Å². The number of benzene rings is 1. The largest absolute Gasteiger partial charge is 0.423 e. The lowest BCUT2D eigenvalue weighted by molar-refractivity contribution is -0.330. The van der Waals surface area contributed by atoms with Crippen LogP contribution in [-0.2, 0) is 23.7 Å². The van der Waals surface area contributed by atoms with Crippen molar-refractivity contribution in [1.82, 2.24) is 4.90 Å². The van der Waals surface area contributed by atoms with E-state index < -0.39 is 54.8 Å². The van der Waals surface area contributed by atoms with Crippen LogP contribution in [0.25, 0.3) is 6.08 Å². The fourth-order valence-corrected chi connectivity index (χ4v) is 9.49. The quantitative estimate of drug-likeness (QED) is 0.152. The zero-order valence-corrected chi connectivity index (χ0v) is 29.2. The van der Waals surface area contributed by atoms with Crippen molar-refractivity contribution in [2.75, 3.05) is 57.9 Å². The summed E-state index contributed by atoms with van der Waals surface area (Å²) in [6, 6.07) is 8.31. The Morgan fingerprint density at radius 2 is 1.70 bits per heavy atom. The van der Waals surface area contributed by atoms with Crippen LogP contribution >= 0.6 is 0 Å². The summed E-state index contributed by atoms with van der Waals surface area (Å²) in [6.45, 7) is 8.19. The Morgan fingerprint density at radius 3 is 2.36 bits per heavy atom. The molecule has 3 saturated heterocycles. The highest BCUT2D eigenvalue weighted by atomic mass is 16.7. The Labute approximate surface area is 293 Å². The molecule has 1 aromatic carbocycles. The molecule has 0 amide bonds. The van der Waals surface area contributed by atoms with Crippen LogP contribution in [0.15, 0.2) is 53.8 Å². The number of carbonyl (C=O) groups is 1. The maximum absolute atomic E-state index is 13.0. The molecular weight excluding hydrogens is 644 g/mol. The first kappa shape index (κ1) is 35.7. The molecule has 2 saturated carbocycles. The summed E-state index contributed by atoms with van der Waals surface area (Å²) in [4.78, 5) is 17.7. The Morgan fingerprint density at radius 1 is 0.980 bits per heavy atom. The van der Waals surface area contributed by atoms with Crippen LogP contribution in [0.2, 0.25) is 0 Å². The van der Waals surface area contributed by atoms with E-state index in [1.165, 1.54) is 5.69 Å². The lowest BCUT2D eigenvalue weighted by atomic mass is 9.45. The third kappa shape index (κ3) is 6.37. The summed E-state index contributed by atoms with van der Waals surface area (Å²) < 4.78 is 23.8. The molecule has 1 aromatic rings. The first-order valence-electron chi connectivity index (χ1n) is 18.0. The Hall–Kier alpha value is -2.65. The molecular formula is C38H52N2O10. The number of aliphatic hydroxyl groups excluding tert-OH is 5. The van der Waals surface area contributed by atoms with Crippen molar-refractivity contribution in [2.45, 2.75) is 81.9 Å². The molecule has 4 heterocycles. The van der Waals surface area contributed by atoms with Gasteiger partial charge in [0.05, 0.1) is 37.1 Å². The maximum atomic E-state index is 13.0. The molecule has 5 fully saturated rings. The van der Waals surface area contributed by atoms with Gasteiger partial charge in [-0.05, 0) is 73.9 Å². The van der Waals surface area contributed by atoms with Gasteiger partial charge in [0.1, 0.15) is 30.2 Å². The summed E-state index contributed by atoms with van der Waals surface area (Å²) in [6.07, 6.45) is 2.99. The molecule has 5 N–H and O–H groups in total. The lowest BCUT2D eigenvalue weighted by Crippen LogP contribution is -2.64. The van der Waals surface area contributed by atoms with E-state index in [-0.39, 0.29) is 29.5 Å². The summed E-state index contributed by atoms with van der Waals surface area (Å²) in [5.41, 5.74) is 1.21. The number of esters is 1. The number of hydrogen-bond donors (Lipinski definition) is 5. The van der Waals surface area contributed by atoms with E-state index in [0.717, 1.165) is 44.6 Å². The van der Waals surface area contributed by atoms with Gasteiger partial charge in [-0.1, -0.05) is 38.1 Å². The number of carbonyl (C=O) groups excluding carboxylic acids is 1. The van der Waals surface area contributed by atoms with E-state index in [1.54, 1.807) is 6.08 Å². The Balaban J connectivity index is 1.07. The zero-order chi connectivity index (χ0) is 35.4. The first-order valence-corrected chi connectivity index (χ1v) is 18.0. The first-order chi connectivity index (χ1) is 23.9. The number of fused-ring (bicyclic) bond motifs is 1. The zero-order valence-electron chi connectivity index (χ0n) is 29.2. The molecule has 50 heavy (non-hydrogen) atoms. The molecule has 274 valence electrons. The molecule has 8 unspecified atom stereocenters. The topological polar surface area (TPSA) is 165 Å². The standard InChI is InChI=1S/C38H52N2O10/c1-36-12-11-30(50-35-33(45)32(44)31(43)27(20-41)49-35)37(2,21-42)28(36)10-13-38(22-47-38)29(36)9-6-24-19-26(48-34(24)46)18-23-4-7-25(8-5-23)40-16-14-39(3)15-17-40/h4-9,18-19,27-33,35,41-45H,10-17,20-22H2,1-3H3/b9-6+,26-18+/t27?,28?,29?,30-,31?,32?,33?,35?,36+,37+,38?/m1/s1. The number of piperazine rings is 1. The van der Waals surface area contributed by atoms with E-state index in [1.807, 2.05) is 31.2 Å². The molecule has 6 aliphatic rings. The summed E-state index contributed by atoms with van der Waals surface area (Å²) in [7, 11) is 2.14. The number of epoxide rings is 1. The number of allylic oxidation sites excluding steroid dienone is 1. The minimum Gasteiger partial charge on any atom is -0.423 e. The van der Waals surface area contributed by atoms with E-state index in [2.05, 4.69) is 42.0 Å². The fraction of sp³-hybridized carbons (Fsp3) is 0.658. The number of likely N-dealkylation sites (N-methyl/N-ethyl adjacent to an activating group) is 1. The lowest BCUT2D eigenvalue weighted by Gasteiger charge is -2.61. The van der Waals surface area contributed by atoms with E-state index in [9.17, 15) is 30.3 Å². The number of anilines is 1. The SMILES string of the molecule is CN1CCN(c2ccc(/C=C3C=C(/C=C/C4C5(CCC6[C@]4(C)CC[C@@H](OC4OC(CO)C(O)C(O)C4O)[C@@]6(C)CO)CO5)C(=O)O\3)cc2)CC1. The maximum Gasteiger partial charge on any atom is 0.343 e. The minimum absolute atomic E-state index is 0.0121. The summed E-state index contributed by atoms with van der Waals surface area (Å²) in [5.74, 6) is 0.0334. The average molecular weight is 697 g/mol. The number of rotatable bonds is 8. The molecule has 7 rings (SSSR count). The molecule has 11 atom stereocenters. The van der Waals surface area contributed by atoms with Gasteiger partial charge in [-0.3, -0.25) is 0 Å². The van der Waals surface area contributed by atoms with Crippen LogP contribution < -0.4 is 4.90 Å². The highest BCUT2D eigenvalue weighted by Crippen LogP contribution is 2.66. The van der Waals surface area contributed by atoms with Crippen molar-refractivity contribution in [2.24, 2.45) is 22.7 Å². The molecule has 2 aliphatic carbocycles. The predicted octanol–water partition coefficient (Wildman–Crippen LogP) is 1.60. The van der Waals surface area contributed by atoms with E-state index in [0.29, 0.717) is 30.8 Å². The number of cyclic esters (lactones) is 1. The summed E-state index contributed by atoms with van der Waals surface area (Å²) in [5, 5.41) is 51.9. The minimum atomic E-state index is -1.55. The highest BCUT2D eigenvalue weighted by molar-refractivity contribution is 5.96. The van der Waals surface area contributed by atoms with Gasteiger partial charge in [-0.15, -0.1) is 0 Å². The van der Waals surface area contributed by atoms with Gasteiger partial charge in [0.2, 0.25) is 0 Å². The third-order valence-electron chi connectivity index (χ3n) is 12.7. The van der Waals surface area contributed by atoms with Crippen LogP contribution in [0.1, 0.15) is 45.1 Å². The van der Waals surface area contributed by atoms with Gasteiger partial charge in [-0.2, -0.15) is 0 Å². The van der Waals surface area contributed by atoms with Crippen molar-refractivity contribution >= 4 is 17.7 Å². The van der Waals surface area contributed by atoms with Gasteiger partial charge < -0.3 is 54.3 Å². The van der Waals surface area contributed by atoms with Gasteiger partial charge in [0, 0.05) is 43.2 Å². The van der Waals surface area contributed by atoms with Crippen molar-refractivity contribution in [3.63, 3.8) is 0 Å². The normalized spacial score (nSPS) is 43.0. The summed E-state index contributed by atoms with van der Waals surface area (Å²) >= 11 is 0. The van der Waals surface area contributed by atoms with Gasteiger partial charge in [0.25, 0.3) is 0 Å².